The van der Waals surface area contributed by atoms with Gasteiger partial charge in [-0.05, 0) is 0 Å². The number of hydrogen-bond acceptors (Lipinski definition) is 5. The SMILES string of the molecule is COc1c(F)cccc1Nc1c2[nH]c3c1C(=O)NC[C@H]3[I-]/C=C(\C)CNc1cnccc1-2. The predicted molar refractivity (Wildman–Crippen MR) is 118 cm³/mol. The maximum absolute atomic E-state index is 14.4. The molecule has 166 valence electrons. The summed E-state index contributed by atoms with van der Waals surface area (Å²) in [5, 5.41) is 9.81. The number of amides is 1. The van der Waals surface area contributed by atoms with Crippen molar-refractivity contribution in [1.29, 1.82) is 0 Å². The first-order valence-corrected chi connectivity index (χ1v) is 12.7. The van der Waals surface area contributed by atoms with Crippen LogP contribution in [0.3, 0.4) is 0 Å². The van der Waals surface area contributed by atoms with Gasteiger partial charge in [-0.15, -0.1) is 0 Å². The fourth-order valence-corrected chi connectivity index (χ4v) is 6.53. The second kappa shape index (κ2) is 8.45. The molecule has 0 aliphatic carbocycles. The first kappa shape index (κ1) is 20.8. The van der Waals surface area contributed by atoms with Crippen LogP contribution in [0.5, 0.6) is 5.75 Å². The fourth-order valence-electron chi connectivity index (χ4n) is 3.96. The van der Waals surface area contributed by atoms with Crippen LogP contribution >= 0.6 is 0 Å². The summed E-state index contributed by atoms with van der Waals surface area (Å²) in [5.74, 6) is -0.527. The zero-order chi connectivity index (χ0) is 22.2. The van der Waals surface area contributed by atoms with Gasteiger partial charge in [0.15, 0.2) is 0 Å². The molecule has 2 bridgehead atoms. The van der Waals surface area contributed by atoms with Crippen LogP contribution < -0.4 is 41.9 Å². The molecule has 2 aliphatic rings. The Kier molecular flexibility index (Phi) is 5.50. The number of carbonyl (C=O) groups excluding carboxylic acids is 1. The van der Waals surface area contributed by atoms with Crippen molar-refractivity contribution in [2.45, 2.75) is 10.8 Å². The molecule has 1 amide bonds. The number of H-pyrrole nitrogens is 1. The number of methoxy groups -OCH3 is 1. The molecule has 0 radical (unpaired) electrons. The summed E-state index contributed by atoms with van der Waals surface area (Å²) in [6.07, 6.45) is 3.50. The molecule has 0 fully saturated rings. The molecule has 1 aromatic carbocycles. The molecular formula is C23H22FIN5O2-. The van der Waals surface area contributed by atoms with Crippen molar-refractivity contribution in [1.82, 2.24) is 15.3 Å². The number of benzene rings is 1. The molecule has 4 N–H and O–H groups in total. The number of anilines is 3. The van der Waals surface area contributed by atoms with Gasteiger partial charge in [-0.1, -0.05) is 0 Å². The number of ether oxygens (including phenoxy) is 1. The number of pyridine rings is 1. The van der Waals surface area contributed by atoms with Crippen LogP contribution in [0.1, 0.15) is 26.9 Å². The Morgan fingerprint density at radius 1 is 1.28 bits per heavy atom. The fraction of sp³-hybridized carbons (Fsp3) is 0.217. The van der Waals surface area contributed by atoms with Crippen LogP contribution in [0.15, 0.2) is 46.3 Å². The van der Waals surface area contributed by atoms with Crippen LogP contribution in [0.4, 0.5) is 21.5 Å². The van der Waals surface area contributed by atoms with E-state index >= 15 is 0 Å². The van der Waals surface area contributed by atoms with Gasteiger partial charge >= 0.3 is 195 Å². The summed E-state index contributed by atoms with van der Waals surface area (Å²) in [5.41, 5.74) is 6.30. The van der Waals surface area contributed by atoms with E-state index in [0.29, 0.717) is 23.5 Å². The number of nitrogens with zero attached hydrogens (tertiary/aromatic N) is 1. The molecule has 7 nitrogen and oxygen atoms in total. The third-order valence-corrected chi connectivity index (χ3v) is 8.85. The number of nitrogens with one attached hydrogen (secondary N) is 4. The van der Waals surface area contributed by atoms with Crippen molar-refractivity contribution < 1.29 is 35.1 Å². The second-order valence-corrected chi connectivity index (χ2v) is 10.5. The standard InChI is InChI=1S/C23H22FIN5O2/c1-12-8-25-15-10-28-23(31)18-20(15)30-19(13-6-7-26-11-17(13)27-9-12)21(18)29-16-5-3-4-14(24)22(16)32-2/h3-8,11,15,27,29-30H,9-10H2,1-2H3,(H,28,31)/q-1/b12-8+/t15-/m1/s1. The van der Waals surface area contributed by atoms with Gasteiger partial charge < -0.3 is 0 Å². The molecule has 9 heteroatoms. The number of aromatic nitrogens is 2. The summed E-state index contributed by atoms with van der Waals surface area (Å²) in [6.45, 7) is 3.44. The Morgan fingerprint density at radius 3 is 3.00 bits per heavy atom. The Morgan fingerprint density at radius 2 is 2.16 bits per heavy atom. The number of para-hydroxylation sites is 1. The minimum absolute atomic E-state index is 0.0985. The van der Waals surface area contributed by atoms with Gasteiger partial charge in [0.1, 0.15) is 0 Å². The molecule has 0 spiro atoms. The van der Waals surface area contributed by atoms with Gasteiger partial charge in [-0.25, -0.2) is 0 Å². The van der Waals surface area contributed by atoms with E-state index in [9.17, 15) is 9.18 Å². The number of hydrogen-bond donors (Lipinski definition) is 4. The van der Waals surface area contributed by atoms with Crippen molar-refractivity contribution in [3.63, 3.8) is 0 Å². The average Bonchev–Trinajstić information content (AvgIpc) is 3.16. The van der Waals surface area contributed by atoms with Crippen molar-refractivity contribution in [3.05, 3.63) is 63.4 Å². The summed E-state index contributed by atoms with van der Waals surface area (Å²) in [4.78, 5) is 20.9. The zero-order valence-electron chi connectivity index (χ0n) is 17.6. The van der Waals surface area contributed by atoms with E-state index in [1.807, 2.05) is 6.07 Å². The van der Waals surface area contributed by atoms with Gasteiger partial charge in [0.25, 0.3) is 0 Å². The van der Waals surface area contributed by atoms with E-state index in [2.05, 4.69) is 36.9 Å². The predicted octanol–water partition coefficient (Wildman–Crippen LogP) is 1.17. The van der Waals surface area contributed by atoms with Crippen LogP contribution in [-0.2, 0) is 0 Å². The molecule has 0 saturated heterocycles. The van der Waals surface area contributed by atoms with E-state index in [4.69, 9.17) is 4.74 Å². The quantitative estimate of drug-likeness (QED) is 0.293. The van der Waals surface area contributed by atoms with E-state index < -0.39 is 5.82 Å². The van der Waals surface area contributed by atoms with E-state index in [-0.39, 0.29) is 36.8 Å². The number of rotatable bonds is 3. The molecular weight excluding hydrogens is 524 g/mol. The minimum atomic E-state index is -0.474. The Hall–Kier alpha value is -3.08. The van der Waals surface area contributed by atoms with Crippen molar-refractivity contribution in [3.8, 4) is 17.0 Å². The number of halogens is 2. The molecule has 1 atom stereocenters. The molecule has 3 aromatic rings. The summed E-state index contributed by atoms with van der Waals surface area (Å²) in [7, 11) is 1.43. The van der Waals surface area contributed by atoms with Crippen molar-refractivity contribution >= 4 is 23.0 Å². The second-order valence-electron chi connectivity index (χ2n) is 7.64. The van der Waals surface area contributed by atoms with Crippen LogP contribution in [0, 0.1) is 5.82 Å². The number of carbonyl (C=O) groups is 1. The Labute approximate surface area is 195 Å². The van der Waals surface area contributed by atoms with Crippen molar-refractivity contribution in [2.24, 2.45) is 0 Å². The zero-order valence-corrected chi connectivity index (χ0v) is 19.7. The van der Waals surface area contributed by atoms with Gasteiger partial charge in [0.05, 0.1) is 0 Å². The number of aromatic amines is 1. The molecule has 2 aromatic heterocycles. The van der Waals surface area contributed by atoms with E-state index in [0.717, 1.165) is 29.2 Å². The van der Waals surface area contributed by atoms with Gasteiger partial charge in [-0.3, -0.25) is 0 Å². The summed E-state index contributed by atoms with van der Waals surface area (Å²) >= 11 is -0.358. The number of alkyl halides is 1. The summed E-state index contributed by atoms with van der Waals surface area (Å²) in [6, 6.07) is 6.60. The first-order chi connectivity index (χ1) is 15.6. The molecule has 0 saturated carbocycles. The Balaban J connectivity index is 1.75. The van der Waals surface area contributed by atoms with Crippen LogP contribution in [-0.4, -0.2) is 36.1 Å². The molecule has 2 aliphatic heterocycles. The molecule has 0 unspecified atom stereocenters. The first-order valence-electron chi connectivity index (χ1n) is 10.2. The third-order valence-electron chi connectivity index (χ3n) is 5.49. The summed E-state index contributed by atoms with van der Waals surface area (Å²) < 4.78 is 22.2. The van der Waals surface area contributed by atoms with Gasteiger partial charge in [0, 0.05) is 0 Å². The normalized spacial score (nSPS) is 19.2. The van der Waals surface area contributed by atoms with Crippen LogP contribution in [0.2, 0.25) is 0 Å². The van der Waals surface area contributed by atoms with E-state index in [1.54, 1.807) is 24.5 Å². The molecule has 4 heterocycles. The van der Waals surface area contributed by atoms with Crippen LogP contribution in [0.25, 0.3) is 11.3 Å². The van der Waals surface area contributed by atoms with Crippen molar-refractivity contribution in [2.75, 3.05) is 30.8 Å². The maximum atomic E-state index is 14.4. The van der Waals surface area contributed by atoms with Gasteiger partial charge in [-0.2, -0.15) is 0 Å². The molecule has 32 heavy (non-hydrogen) atoms. The average molecular weight is 546 g/mol. The van der Waals surface area contributed by atoms with E-state index in [1.165, 1.54) is 18.7 Å². The monoisotopic (exact) mass is 546 g/mol. The number of fused-ring (bicyclic) bond motifs is 3. The van der Waals surface area contributed by atoms with Gasteiger partial charge in [0.2, 0.25) is 0 Å². The third kappa shape index (κ3) is 3.60. The molecule has 5 rings (SSSR count). The topological polar surface area (TPSA) is 91.1 Å². The Bertz CT molecular complexity index is 1240.